The number of fused-ring (bicyclic) bond motifs is 2. The summed E-state index contributed by atoms with van der Waals surface area (Å²) in [6.45, 7) is 1.60. The fourth-order valence-corrected chi connectivity index (χ4v) is 4.26. The minimum absolute atomic E-state index is 0.423. The number of primary amides is 1. The summed E-state index contributed by atoms with van der Waals surface area (Å²) in [4.78, 5) is 23.8. The lowest BCUT2D eigenvalue weighted by molar-refractivity contribution is 0.100. The highest BCUT2D eigenvalue weighted by atomic mass is 16.3. The van der Waals surface area contributed by atoms with Crippen LogP contribution in [0.1, 0.15) is 34.3 Å². The van der Waals surface area contributed by atoms with Crippen molar-refractivity contribution >= 4 is 28.3 Å². The van der Waals surface area contributed by atoms with Gasteiger partial charge < -0.3 is 20.4 Å². The molecule has 7 heteroatoms. The van der Waals surface area contributed by atoms with Crippen LogP contribution in [-0.2, 0) is 13.0 Å². The van der Waals surface area contributed by atoms with Crippen LogP contribution in [0.2, 0.25) is 0 Å². The van der Waals surface area contributed by atoms with E-state index in [2.05, 4.69) is 29.4 Å². The number of aromatic nitrogens is 2. The molecule has 1 amide bonds. The van der Waals surface area contributed by atoms with Gasteiger partial charge >= 0.3 is 0 Å². The van der Waals surface area contributed by atoms with Gasteiger partial charge in [-0.2, -0.15) is 0 Å². The van der Waals surface area contributed by atoms with Gasteiger partial charge in [0.25, 0.3) is 0 Å². The zero-order valence-corrected chi connectivity index (χ0v) is 18.0. The number of hydrogen-bond acceptors (Lipinski definition) is 6. The molecule has 0 spiro atoms. The topological polar surface area (TPSA) is 97.3 Å². The fourth-order valence-electron chi connectivity index (χ4n) is 4.26. The summed E-state index contributed by atoms with van der Waals surface area (Å²) in [6.07, 6.45) is 4.67. The first-order valence-electron chi connectivity index (χ1n) is 10.8. The second kappa shape index (κ2) is 8.34. The summed E-state index contributed by atoms with van der Waals surface area (Å²) >= 11 is 0. The van der Waals surface area contributed by atoms with Gasteiger partial charge in [0.2, 0.25) is 5.91 Å². The first-order chi connectivity index (χ1) is 15.6. The van der Waals surface area contributed by atoms with Gasteiger partial charge in [0.15, 0.2) is 11.6 Å². The van der Waals surface area contributed by atoms with Gasteiger partial charge in [0.05, 0.1) is 5.56 Å². The van der Waals surface area contributed by atoms with E-state index in [0.717, 1.165) is 48.4 Å². The fraction of sp³-hybridized carbons (Fsp3) is 0.240. The molecule has 32 heavy (non-hydrogen) atoms. The second-order valence-corrected chi connectivity index (χ2v) is 8.11. The van der Waals surface area contributed by atoms with Gasteiger partial charge in [-0.1, -0.05) is 42.5 Å². The summed E-state index contributed by atoms with van der Waals surface area (Å²) < 4.78 is 5.89. The van der Waals surface area contributed by atoms with Crippen molar-refractivity contribution < 1.29 is 9.21 Å². The molecular formula is C25H25N5O2. The van der Waals surface area contributed by atoms with E-state index in [4.69, 9.17) is 20.1 Å². The molecule has 0 aliphatic carbocycles. The molecule has 2 aromatic heterocycles. The molecule has 0 fully saturated rings. The van der Waals surface area contributed by atoms with Crippen LogP contribution in [0.4, 0.5) is 11.6 Å². The van der Waals surface area contributed by atoms with Crippen LogP contribution in [-0.4, -0.2) is 29.5 Å². The molecule has 0 atom stereocenters. The maximum atomic E-state index is 11.8. The summed E-state index contributed by atoms with van der Waals surface area (Å²) in [5, 5.41) is 4.96. The number of nitrogens with one attached hydrogen (secondary N) is 1. The van der Waals surface area contributed by atoms with Crippen molar-refractivity contribution in [3.63, 3.8) is 0 Å². The lowest BCUT2D eigenvalue weighted by Crippen LogP contribution is -2.20. The highest BCUT2D eigenvalue weighted by molar-refractivity contribution is 6.08. The minimum Gasteiger partial charge on any atom is -0.460 e. The van der Waals surface area contributed by atoms with Crippen molar-refractivity contribution in [3.8, 4) is 11.6 Å². The smallest absolute Gasteiger partial charge is 0.249 e. The molecule has 0 saturated carbocycles. The zero-order valence-electron chi connectivity index (χ0n) is 18.0. The van der Waals surface area contributed by atoms with Crippen molar-refractivity contribution in [2.75, 3.05) is 23.8 Å². The van der Waals surface area contributed by atoms with Gasteiger partial charge in [0.1, 0.15) is 17.9 Å². The Morgan fingerprint density at radius 1 is 1.09 bits per heavy atom. The van der Waals surface area contributed by atoms with E-state index >= 15 is 0 Å². The lowest BCUT2D eigenvalue weighted by Gasteiger charge is -2.21. The van der Waals surface area contributed by atoms with Crippen LogP contribution in [0.5, 0.6) is 0 Å². The number of furan rings is 1. The Morgan fingerprint density at radius 3 is 2.75 bits per heavy atom. The second-order valence-electron chi connectivity index (χ2n) is 8.11. The minimum atomic E-state index is -0.490. The Hall–Kier alpha value is -3.87. The predicted molar refractivity (Wildman–Crippen MR) is 126 cm³/mol. The molecule has 1 aliphatic rings. The van der Waals surface area contributed by atoms with Crippen LogP contribution in [0, 0.1) is 0 Å². The Morgan fingerprint density at radius 2 is 1.94 bits per heavy atom. The third kappa shape index (κ3) is 3.66. The third-order valence-corrected chi connectivity index (χ3v) is 5.93. The molecular weight excluding hydrogens is 402 g/mol. The lowest BCUT2D eigenvalue weighted by atomic mass is 10.1. The van der Waals surface area contributed by atoms with Crippen molar-refractivity contribution in [3.05, 3.63) is 71.5 Å². The Bertz CT molecular complexity index is 1280. The molecule has 0 unspecified atom stereocenters. The SMILES string of the molecule is CN1CCCCc2c(NCc3ccccc3)nc(-c3occ4c(C(N)=O)cccc34)nc21. The Balaban J connectivity index is 1.62. The molecule has 0 bridgehead atoms. The van der Waals surface area contributed by atoms with E-state index in [1.807, 2.05) is 24.3 Å². The van der Waals surface area contributed by atoms with E-state index in [1.54, 1.807) is 18.4 Å². The van der Waals surface area contributed by atoms with Crippen LogP contribution in [0.15, 0.2) is 59.2 Å². The molecule has 7 nitrogen and oxygen atoms in total. The first kappa shape index (κ1) is 20.1. The number of carbonyl (C=O) groups excluding carboxylic acids is 1. The number of rotatable bonds is 5. The standard InChI is InChI=1S/C25H25N5O2/c1-30-13-6-5-10-19-23(27-14-16-8-3-2-4-9-16)28-24(29-25(19)30)21-17-11-7-12-18(22(26)31)20(17)15-32-21/h2-4,7-9,11-12,15H,5-6,10,13-14H2,1H3,(H2,26,31)(H,27,28,29). The monoisotopic (exact) mass is 427 g/mol. The molecule has 162 valence electrons. The molecule has 0 radical (unpaired) electrons. The van der Waals surface area contributed by atoms with E-state index in [9.17, 15) is 4.79 Å². The first-order valence-corrected chi connectivity index (χ1v) is 10.8. The van der Waals surface area contributed by atoms with Gasteiger partial charge in [0, 0.05) is 36.5 Å². The van der Waals surface area contributed by atoms with E-state index in [1.165, 1.54) is 5.56 Å². The van der Waals surface area contributed by atoms with Crippen molar-refractivity contribution in [1.82, 2.24) is 9.97 Å². The molecule has 4 aromatic rings. The van der Waals surface area contributed by atoms with Crippen LogP contribution >= 0.6 is 0 Å². The number of amides is 1. The van der Waals surface area contributed by atoms with Crippen molar-refractivity contribution in [1.29, 1.82) is 0 Å². The van der Waals surface area contributed by atoms with Crippen molar-refractivity contribution in [2.45, 2.75) is 25.8 Å². The highest BCUT2D eigenvalue weighted by Gasteiger charge is 2.23. The predicted octanol–water partition coefficient (Wildman–Crippen LogP) is 4.37. The average Bonchev–Trinajstić information content (AvgIpc) is 3.16. The van der Waals surface area contributed by atoms with E-state index < -0.39 is 5.91 Å². The largest absolute Gasteiger partial charge is 0.460 e. The van der Waals surface area contributed by atoms with Gasteiger partial charge in [-0.25, -0.2) is 9.97 Å². The molecule has 3 N–H and O–H groups in total. The summed E-state index contributed by atoms with van der Waals surface area (Å²) in [7, 11) is 2.06. The van der Waals surface area contributed by atoms with E-state index in [-0.39, 0.29) is 0 Å². The summed E-state index contributed by atoms with van der Waals surface area (Å²) in [5.41, 5.74) is 8.27. The average molecular weight is 428 g/mol. The maximum absolute atomic E-state index is 11.8. The highest BCUT2D eigenvalue weighted by Crippen LogP contribution is 2.35. The van der Waals surface area contributed by atoms with Crippen LogP contribution in [0.3, 0.4) is 0 Å². The molecule has 0 saturated heterocycles. The Labute approximate surface area is 186 Å². The zero-order chi connectivity index (χ0) is 22.1. The van der Waals surface area contributed by atoms with Gasteiger partial charge in [-0.05, 0) is 30.9 Å². The summed E-state index contributed by atoms with van der Waals surface area (Å²) in [6, 6.07) is 15.6. The van der Waals surface area contributed by atoms with Gasteiger partial charge in [-0.15, -0.1) is 0 Å². The number of nitrogens with zero attached hydrogens (tertiary/aromatic N) is 3. The molecule has 2 aromatic carbocycles. The van der Waals surface area contributed by atoms with E-state index in [0.29, 0.717) is 29.1 Å². The van der Waals surface area contributed by atoms with Crippen LogP contribution in [0.25, 0.3) is 22.4 Å². The number of hydrogen-bond donors (Lipinski definition) is 2. The number of nitrogens with two attached hydrogens (primary N) is 1. The molecule has 1 aliphatic heterocycles. The third-order valence-electron chi connectivity index (χ3n) is 5.93. The van der Waals surface area contributed by atoms with Crippen molar-refractivity contribution in [2.24, 2.45) is 5.73 Å². The number of carbonyl (C=O) groups is 1. The normalized spacial score (nSPS) is 13.6. The van der Waals surface area contributed by atoms with Crippen LogP contribution < -0.4 is 16.0 Å². The van der Waals surface area contributed by atoms with Gasteiger partial charge in [-0.3, -0.25) is 4.79 Å². The maximum Gasteiger partial charge on any atom is 0.249 e. The summed E-state index contributed by atoms with van der Waals surface area (Å²) in [5.74, 6) is 2.27. The molecule has 5 rings (SSSR count). The molecule has 3 heterocycles. The number of anilines is 2. The number of benzene rings is 2. The quantitative estimate of drug-likeness (QED) is 0.491. The Kier molecular flexibility index (Phi) is 5.23.